The third kappa shape index (κ3) is 4.80. The first-order valence-corrected chi connectivity index (χ1v) is 12.6. The van der Waals surface area contributed by atoms with Crippen LogP contribution < -0.4 is 5.43 Å². The van der Waals surface area contributed by atoms with E-state index in [9.17, 15) is 45.6 Å². The number of benzene rings is 2. The van der Waals surface area contributed by atoms with Crippen LogP contribution in [-0.2, 0) is 14.2 Å². The second-order valence-electron chi connectivity index (χ2n) is 10.1. The van der Waals surface area contributed by atoms with Crippen molar-refractivity contribution < 1.29 is 59.5 Å². The molecule has 2 aliphatic rings. The number of rotatable bonds is 4. The van der Waals surface area contributed by atoms with E-state index < -0.39 is 78.2 Å². The van der Waals surface area contributed by atoms with Crippen LogP contribution in [0.25, 0.3) is 22.3 Å². The molecule has 0 aliphatic carbocycles. The average Bonchev–Trinajstić information content (AvgIpc) is 2.91. The summed E-state index contributed by atoms with van der Waals surface area (Å²) in [5.74, 6) is -1.22. The van der Waals surface area contributed by atoms with Gasteiger partial charge in [0.05, 0.1) is 17.8 Å². The summed E-state index contributed by atoms with van der Waals surface area (Å²) < 4.78 is 22.8. The molecule has 0 unspecified atom stereocenters. The normalized spacial score (nSPS) is 34.7. The Morgan fingerprint density at radius 1 is 0.775 bits per heavy atom. The zero-order valence-electron chi connectivity index (χ0n) is 21.4. The van der Waals surface area contributed by atoms with Gasteiger partial charge in [-0.15, -0.1) is 0 Å². The molecule has 13 nitrogen and oxygen atoms in total. The van der Waals surface area contributed by atoms with Crippen molar-refractivity contribution in [3.05, 3.63) is 52.2 Å². The molecule has 0 saturated carbocycles. The Bertz CT molecular complexity index is 1440. The average molecular weight is 563 g/mol. The molecule has 2 aliphatic heterocycles. The number of aromatic hydroxyl groups is 3. The topological polar surface area (TPSA) is 220 Å². The first-order chi connectivity index (χ1) is 18.9. The number of hydrogen-bond acceptors (Lipinski definition) is 13. The summed E-state index contributed by atoms with van der Waals surface area (Å²) in [7, 11) is 0. The zero-order valence-corrected chi connectivity index (χ0v) is 21.4. The van der Waals surface area contributed by atoms with Crippen molar-refractivity contribution in [1.82, 2.24) is 0 Å². The number of ether oxygens (including phenoxy) is 3. The minimum Gasteiger partial charge on any atom is -0.508 e. The molecule has 0 amide bonds. The van der Waals surface area contributed by atoms with Gasteiger partial charge in [-0.25, -0.2) is 0 Å². The van der Waals surface area contributed by atoms with Crippen molar-refractivity contribution in [3.63, 3.8) is 0 Å². The van der Waals surface area contributed by atoms with Crippen molar-refractivity contribution in [2.75, 3.05) is 0 Å². The summed E-state index contributed by atoms with van der Waals surface area (Å²) in [5.41, 5.74) is -0.767. The Hall–Kier alpha value is -3.27. The van der Waals surface area contributed by atoms with Gasteiger partial charge in [-0.2, -0.15) is 0 Å². The number of hydrogen-bond donors (Lipinski definition) is 8. The van der Waals surface area contributed by atoms with E-state index in [1.807, 2.05) is 0 Å². The Labute approximate surface area is 226 Å². The van der Waals surface area contributed by atoms with Crippen LogP contribution in [-0.4, -0.2) is 96.0 Å². The molecule has 40 heavy (non-hydrogen) atoms. The number of aliphatic hydroxyl groups excluding tert-OH is 5. The number of phenolic OH excluding ortho intramolecular Hbond substituents is 3. The Balaban J connectivity index is 1.57. The molecular weight excluding hydrogens is 532 g/mol. The van der Waals surface area contributed by atoms with Crippen molar-refractivity contribution >= 4 is 11.0 Å². The summed E-state index contributed by atoms with van der Waals surface area (Å²) in [4.78, 5) is 13.1. The van der Waals surface area contributed by atoms with E-state index in [1.165, 1.54) is 38.1 Å². The van der Waals surface area contributed by atoms with Crippen molar-refractivity contribution in [1.29, 1.82) is 0 Å². The summed E-state index contributed by atoms with van der Waals surface area (Å²) >= 11 is 0. The monoisotopic (exact) mass is 562 g/mol. The fraction of sp³-hybridized carbons (Fsp3) is 0.444. The predicted octanol–water partition coefficient (Wildman–Crippen LogP) is -0.0289. The second-order valence-corrected chi connectivity index (χ2v) is 10.1. The fourth-order valence-electron chi connectivity index (χ4n) is 5.06. The smallest absolute Gasteiger partial charge is 0.197 e. The number of fused-ring (bicyclic) bond motifs is 1. The highest BCUT2D eigenvalue weighted by Crippen LogP contribution is 2.46. The van der Waals surface area contributed by atoms with E-state index in [2.05, 4.69) is 0 Å². The summed E-state index contributed by atoms with van der Waals surface area (Å²) in [6.07, 6.45) is -14.8. The van der Waals surface area contributed by atoms with Crippen molar-refractivity contribution in [2.45, 2.75) is 75.1 Å². The van der Waals surface area contributed by atoms with Crippen LogP contribution in [0.15, 0.2) is 45.6 Å². The van der Waals surface area contributed by atoms with Gasteiger partial charge >= 0.3 is 0 Å². The number of phenols is 3. The SMILES string of the molecule is C[C@@H]1O[C@H](O[C@@H]2[C@@H](O)[C@@H](O)[C@H](C)O[C@@H]2c2c(O)cc3oc(-c4ccc(O)cc4)cc(=O)c3c2O)[C@H](O)[C@H](O)[C@H]1O. The van der Waals surface area contributed by atoms with Gasteiger partial charge in [0, 0.05) is 17.7 Å². The molecule has 8 N–H and O–H groups in total. The fourth-order valence-corrected chi connectivity index (χ4v) is 5.06. The van der Waals surface area contributed by atoms with Crippen LogP contribution in [0.3, 0.4) is 0 Å². The summed E-state index contributed by atoms with van der Waals surface area (Å²) in [5, 5.41) is 83.4. The third-order valence-electron chi connectivity index (χ3n) is 7.37. The van der Waals surface area contributed by atoms with Gasteiger partial charge in [0.25, 0.3) is 0 Å². The highest BCUT2D eigenvalue weighted by atomic mass is 16.7. The highest BCUT2D eigenvalue weighted by Gasteiger charge is 2.50. The molecule has 2 saturated heterocycles. The molecule has 10 atom stereocenters. The second kappa shape index (κ2) is 10.6. The van der Waals surface area contributed by atoms with Crippen molar-refractivity contribution in [3.8, 4) is 28.6 Å². The van der Waals surface area contributed by atoms with Crippen LogP contribution in [0.1, 0.15) is 25.5 Å². The minimum absolute atomic E-state index is 0.00361. The first-order valence-electron chi connectivity index (χ1n) is 12.6. The van der Waals surface area contributed by atoms with Gasteiger partial charge in [-0.3, -0.25) is 4.79 Å². The van der Waals surface area contributed by atoms with Gasteiger partial charge < -0.3 is 59.5 Å². The van der Waals surface area contributed by atoms with E-state index >= 15 is 0 Å². The standard InChI is InChI=1S/C27H30O13/c1-9-20(32)23(35)26(40-27-24(36)22(34)19(31)10(2)38-27)25(37-9)18-14(30)8-16-17(21(18)33)13(29)7-15(39-16)11-3-5-12(28)6-4-11/h3-10,19-20,22-28,30-36H,1-2H3/t9-,10-,19-,20-,22+,23-,24+,25+,26+,27+/m0/s1. The molecule has 13 heteroatoms. The Morgan fingerprint density at radius 3 is 2.08 bits per heavy atom. The van der Waals surface area contributed by atoms with Crippen LogP contribution >= 0.6 is 0 Å². The molecule has 2 aromatic carbocycles. The van der Waals surface area contributed by atoms with Gasteiger partial charge in [-0.1, -0.05) is 0 Å². The van der Waals surface area contributed by atoms with Crippen LogP contribution in [0.2, 0.25) is 0 Å². The summed E-state index contributed by atoms with van der Waals surface area (Å²) in [6, 6.07) is 8.01. The van der Waals surface area contributed by atoms with E-state index in [1.54, 1.807) is 0 Å². The molecule has 2 fully saturated rings. The lowest BCUT2D eigenvalue weighted by Crippen LogP contribution is -2.61. The maximum absolute atomic E-state index is 13.1. The zero-order chi connectivity index (χ0) is 29.0. The predicted molar refractivity (Wildman–Crippen MR) is 135 cm³/mol. The highest BCUT2D eigenvalue weighted by molar-refractivity contribution is 5.88. The van der Waals surface area contributed by atoms with Gasteiger partial charge in [0.15, 0.2) is 11.7 Å². The molecule has 1 aromatic heterocycles. The molecule has 0 bridgehead atoms. The van der Waals surface area contributed by atoms with Gasteiger partial charge in [-0.05, 0) is 38.1 Å². The Morgan fingerprint density at radius 2 is 1.40 bits per heavy atom. The van der Waals surface area contributed by atoms with Crippen LogP contribution in [0.4, 0.5) is 0 Å². The lowest BCUT2D eigenvalue weighted by atomic mass is 9.89. The molecule has 0 spiro atoms. The quantitative estimate of drug-likeness (QED) is 0.210. The first kappa shape index (κ1) is 28.3. The third-order valence-corrected chi connectivity index (χ3v) is 7.37. The van der Waals surface area contributed by atoms with Gasteiger partial charge in [0.1, 0.15) is 76.7 Å². The molecule has 0 radical (unpaired) electrons. The molecule has 5 rings (SSSR count). The largest absolute Gasteiger partial charge is 0.508 e. The van der Waals surface area contributed by atoms with Crippen LogP contribution in [0.5, 0.6) is 17.2 Å². The molecule has 216 valence electrons. The number of aliphatic hydroxyl groups is 5. The Kier molecular flexibility index (Phi) is 7.50. The van der Waals surface area contributed by atoms with E-state index in [4.69, 9.17) is 18.6 Å². The maximum atomic E-state index is 13.1. The van der Waals surface area contributed by atoms with E-state index in [0.717, 1.165) is 12.1 Å². The maximum Gasteiger partial charge on any atom is 0.197 e. The lowest BCUT2D eigenvalue weighted by Gasteiger charge is -2.46. The van der Waals surface area contributed by atoms with Crippen molar-refractivity contribution in [2.24, 2.45) is 0 Å². The molecule has 3 aromatic rings. The molecule has 3 heterocycles. The van der Waals surface area contributed by atoms with Crippen LogP contribution in [0, 0.1) is 0 Å². The van der Waals surface area contributed by atoms with E-state index in [0.29, 0.717) is 5.56 Å². The summed E-state index contributed by atoms with van der Waals surface area (Å²) in [6.45, 7) is 2.85. The van der Waals surface area contributed by atoms with Gasteiger partial charge in [0.2, 0.25) is 0 Å². The minimum atomic E-state index is -1.76. The molecular formula is C27H30O13. The van der Waals surface area contributed by atoms with E-state index in [-0.39, 0.29) is 28.0 Å². The lowest BCUT2D eigenvalue weighted by molar-refractivity contribution is -0.336.